The molecule has 2 saturated heterocycles. The van der Waals surface area contributed by atoms with Crippen molar-refractivity contribution >= 4 is 11.4 Å². The van der Waals surface area contributed by atoms with Crippen molar-refractivity contribution in [3.63, 3.8) is 0 Å². The summed E-state index contributed by atoms with van der Waals surface area (Å²) in [7, 11) is 0. The Balaban J connectivity index is 1.56. The lowest BCUT2D eigenvalue weighted by Crippen LogP contribution is -2.38. The fourth-order valence-corrected chi connectivity index (χ4v) is 3.63. The van der Waals surface area contributed by atoms with Gasteiger partial charge in [0.05, 0.1) is 11.4 Å². The summed E-state index contributed by atoms with van der Waals surface area (Å²) >= 11 is 0. The molecule has 2 heterocycles. The Kier molecular flexibility index (Phi) is 4.16. The minimum Gasteiger partial charge on any atom is -0.397 e. The first-order valence-electron chi connectivity index (χ1n) is 8.06. The van der Waals surface area contributed by atoms with E-state index in [-0.39, 0.29) is 0 Å². The quantitative estimate of drug-likeness (QED) is 0.860. The predicted molar refractivity (Wildman–Crippen MR) is 86.2 cm³/mol. The molecule has 3 nitrogen and oxygen atoms in total. The lowest BCUT2D eigenvalue weighted by molar-refractivity contribution is 0.249. The van der Waals surface area contributed by atoms with Crippen LogP contribution in [0.3, 0.4) is 0 Å². The minimum atomic E-state index is 0.885. The van der Waals surface area contributed by atoms with Crippen LogP contribution in [0.15, 0.2) is 18.2 Å². The fourth-order valence-electron chi connectivity index (χ4n) is 3.63. The first-order chi connectivity index (χ1) is 9.74. The van der Waals surface area contributed by atoms with Gasteiger partial charge in [0.2, 0.25) is 0 Å². The van der Waals surface area contributed by atoms with Gasteiger partial charge in [-0.15, -0.1) is 0 Å². The van der Waals surface area contributed by atoms with Gasteiger partial charge in [-0.2, -0.15) is 0 Å². The van der Waals surface area contributed by atoms with Crippen LogP contribution >= 0.6 is 0 Å². The molecule has 0 unspecified atom stereocenters. The molecule has 2 aliphatic rings. The van der Waals surface area contributed by atoms with E-state index >= 15 is 0 Å². The van der Waals surface area contributed by atoms with Gasteiger partial charge in [0.1, 0.15) is 0 Å². The normalized spacial score (nSPS) is 21.6. The third-order valence-corrected chi connectivity index (χ3v) is 4.97. The Labute approximate surface area is 122 Å². The third kappa shape index (κ3) is 2.93. The van der Waals surface area contributed by atoms with Gasteiger partial charge in [-0.25, -0.2) is 0 Å². The van der Waals surface area contributed by atoms with E-state index in [9.17, 15) is 0 Å². The number of para-hydroxylation sites is 1. The van der Waals surface area contributed by atoms with Gasteiger partial charge in [0.15, 0.2) is 0 Å². The summed E-state index contributed by atoms with van der Waals surface area (Å²) in [6.45, 7) is 8.38. The van der Waals surface area contributed by atoms with Crippen LogP contribution in [0.5, 0.6) is 0 Å². The highest BCUT2D eigenvalue weighted by molar-refractivity contribution is 5.71. The van der Waals surface area contributed by atoms with Gasteiger partial charge in [-0.05, 0) is 63.2 Å². The predicted octanol–water partition coefficient (Wildman–Crippen LogP) is 2.89. The second-order valence-corrected chi connectivity index (χ2v) is 6.45. The molecule has 0 atom stereocenters. The summed E-state index contributed by atoms with van der Waals surface area (Å²) in [6, 6.07) is 6.39. The van der Waals surface area contributed by atoms with Crippen molar-refractivity contribution in [1.29, 1.82) is 0 Å². The first kappa shape index (κ1) is 13.7. The molecule has 110 valence electrons. The van der Waals surface area contributed by atoms with E-state index in [2.05, 4.69) is 34.9 Å². The number of nitrogen functional groups attached to an aromatic ring is 1. The fraction of sp³-hybridized carbons (Fsp3) is 0.647. The van der Waals surface area contributed by atoms with E-state index in [0.717, 1.165) is 24.7 Å². The van der Waals surface area contributed by atoms with Crippen LogP contribution < -0.4 is 10.6 Å². The maximum absolute atomic E-state index is 6.23. The van der Waals surface area contributed by atoms with Gasteiger partial charge >= 0.3 is 0 Å². The number of hydrogen-bond acceptors (Lipinski definition) is 3. The van der Waals surface area contributed by atoms with Crippen LogP contribution in [-0.4, -0.2) is 37.6 Å². The number of aryl methyl sites for hydroxylation is 1. The molecule has 1 aromatic carbocycles. The molecule has 0 radical (unpaired) electrons. The Morgan fingerprint density at radius 2 is 1.80 bits per heavy atom. The van der Waals surface area contributed by atoms with Gasteiger partial charge in [-0.1, -0.05) is 12.1 Å². The van der Waals surface area contributed by atoms with E-state index in [1.807, 2.05) is 0 Å². The molecule has 0 saturated carbocycles. The van der Waals surface area contributed by atoms with E-state index in [1.54, 1.807) is 0 Å². The van der Waals surface area contributed by atoms with E-state index < -0.39 is 0 Å². The number of piperidine rings is 1. The molecular weight excluding hydrogens is 246 g/mol. The van der Waals surface area contributed by atoms with Crippen LogP contribution in [0.1, 0.15) is 31.2 Å². The molecule has 3 heteroatoms. The van der Waals surface area contributed by atoms with Crippen LogP contribution in [0.4, 0.5) is 11.4 Å². The second-order valence-electron chi connectivity index (χ2n) is 6.45. The first-order valence-corrected chi connectivity index (χ1v) is 8.06. The minimum absolute atomic E-state index is 0.885. The lowest BCUT2D eigenvalue weighted by Gasteiger charge is -2.36. The number of nitrogens with zero attached hydrogens (tertiary/aromatic N) is 2. The summed E-state index contributed by atoms with van der Waals surface area (Å²) in [5.41, 5.74) is 9.63. The molecule has 2 aliphatic heterocycles. The van der Waals surface area contributed by atoms with Crippen LogP contribution in [-0.2, 0) is 0 Å². The number of nitrogens with two attached hydrogens (primary N) is 1. The molecule has 0 bridgehead atoms. The van der Waals surface area contributed by atoms with Crippen molar-refractivity contribution in [2.24, 2.45) is 5.92 Å². The molecule has 20 heavy (non-hydrogen) atoms. The summed E-state index contributed by atoms with van der Waals surface area (Å²) in [6.07, 6.45) is 5.42. The summed E-state index contributed by atoms with van der Waals surface area (Å²) in [4.78, 5) is 5.13. The Hall–Kier alpha value is -1.22. The lowest BCUT2D eigenvalue weighted by atomic mass is 9.95. The molecule has 0 aliphatic carbocycles. The SMILES string of the molecule is Cc1cccc(N2CCC(CN3CCCC3)CC2)c1N. The zero-order valence-corrected chi connectivity index (χ0v) is 12.6. The second kappa shape index (κ2) is 6.04. The molecule has 0 amide bonds. The summed E-state index contributed by atoms with van der Waals surface area (Å²) in [5.74, 6) is 0.885. The zero-order chi connectivity index (χ0) is 13.9. The molecule has 2 N–H and O–H groups in total. The maximum Gasteiger partial charge on any atom is 0.0602 e. The van der Waals surface area contributed by atoms with Crippen LogP contribution in [0.2, 0.25) is 0 Å². The van der Waals surface area contributed by atoms with E-state index in [0.29, 0.717) is 0 Å². The number of benzene rings is 1. The van der Waals surface area contributed by atoms with Crippen molar-refractivity contribution in [1.82, 2.24) is 4.90 Å². The van der Waals surface area contributed by atoms with E-state index in [1.165, 1.54) is 56.6 Å². The topological polar surface area (TPSA) is 32.5 Å². The monoisotopic (exact) mass is 273 g/mol. The smallest absolute Gasteiger partial charge is 0.0602 e. The Morgan fingerprint density at radius 1 is 1.10 bits per heavy atom. The molecule has 0 spiro atoms. The average molecular weight is 273 g/mol. The largest absolute Gasteiger partial charge is 0.397 e. The summed E-state index contributed by atoms with van der Waals surface area (Å²) < 4.78 is 0. The Bertz CT molecular complexity index is 444. The highest BCUT2D eigenvalue weighted by atomic mass is 15.2. The molecule has 0 aromatic heterocycles. The molecule has 1 aromatic rings. The number of hydrogen-bond donors (Lipinski definition) is 1. The Morgan fingerprint density at radius 3 is 2.50 bits per heavy atom. The average Bonchev–Trinajstić information content (AvgIpc) is 2.96. The van der Waals surface area contributed by atoms with Crippen LogP contribution in [0, 0.1) is 12.8 Å². The third-order valence-electron chi connectivity index (χ3n) is 4.97. The number of likely N-dealkylation sites (tertiary alicyclic amines) is 1. The van der Waals surface area contributed by atoms with Crippen molar-refractivity contribution in [3.8, 4) is 0 Å². The number of anilines is 2. The van der Waals surface area contributed by atoms with Crippen molar-refractivity contribution in [3.05, 3.63) is 23.8 Å². The van der Waals surface area contributed by atoms with Gasteiger partial charge in [-0.3, -0.25) is 0 Å². The molecular formula is C17H27N3. The highest BCUT2D eigenvalue weighted by Crippen LogP contribution is 2.30. The molecule has 2 fully saturated rings. The van der Waals surface area contributed by atoms with Gasteiger partial charge in [0, 0.05) is 19.6 Å². The molecule has 3 rings (SSSR count). The highest BCUT2D eigenvalue weighted by Gasteiger charge is 2.23. The number of rotatable bonds is 3. The standard InChI is InChI=1S/C17H27N3/c1-14-5-4-6-16(17(14)18)20-11-7-15(8-12-20)13-19-9-2-3-10-19/h4-6,15H,2-3,7-13,18H2,1H3. The zero-order valence-electron chi connectivity index (χ0n) is 12.6. The van der Waals surface area contributed by atoms with E-state index in [4.69, 9.17) is 5.73 Å². The van der Waals surface area contributed by atoms with Crippen molar-refractivity contribution < 1.29 is 0 Å². The van der Waals surface area contributed by atoms with Crippen molar-refractivity contribution in [2.75, 3.05) is 43.4 Å². The van der Waals surface area contributed by atoms with Gasteiger partial charge < -0.3 is 15.5 Å². The maximum atomic E-state index is 6.23. The summed E-state index contributed by atoms with van der Waals surface area (Å²) in [5, 5.41) is 0. The van der Waals surface area contributed by atoms with Gasteiger partial charge in [0.25, 0.3) is 0 Å². The van der Waals surface area contributed by atoms with Crippen molar-refractivity contribution in [2.45, 2.75) is 32.6 Å². The van der Waals surface area contributed by atoms with Crippen LogP contribution in [0.25, 0.3) is 0 Å².